The molecule has 0 aliphatic rings. The molecule has 0 fully saturated rings. The summed E-state index contributed by atoms with van der Waals surface area (Å²) in [6.45, 7) is 9.03. The van der Waals surface area contributed by atoms with Gasteiger partial charge in [0.15, 0.2) is 0 Å². The van der Waals surface area contributed by atoms with Gasteiger partial charge < -0.3 is 4.81 Å². The normalized spacial score (nSPS) is 11.5. The first kappa shape index (κ1) is 13.0. The number of rotatable bonds is 4. The first-order valence-electron chi connectivity index (χ1n) is 5.51. The van der Waals surface area contributed by atoms with Gasteiger partial charge in [0.2, 0.25) is 7.41 Å². The van der Waals surface area contributed by atoms with Gasteiger partial charge in [-0.25, -0.2) is 0 Å². The van der Waals surface area contributed by atoms with E-state index in [1.54, 1.807) is 0 Å². The third-order valence-electron chi connectivity index (χ3n) is 2.60. The average molecular weight is 315 g/mol. The molecule has 0 saturated carbocycles. The fraction of sp³-hybridized carbons (Fsp3) is 0.500. The molecule has 0 atom stereocenters. The van der Waals surface area contributed by atoms with Gasteiger partial charge >= 0.3 is 0 Å². The van der Waals surface area contributed by atoms with Crippen molar-refractivity contribution in [3.8, 4) is 0 Å². The lowest BCUT2D eigenvalue weighted by Crippen LogP contribution is -2.45. The molecule has 3 heteroatoms. The van der Waals surface area contributed by atoms with Crippen molar-refractivity contribution in [3.05, 3.63) is 27.8 Å². The van der Waals surface area contributed by atoms with E-state index in [1.165, 1.54) is 9.03 Å². The topological polar surface area (TPSA) is 3.24 Å². The summed E-state index contributed by atoms with van der Waals surface area (Å²) >= 11 is 2.34. The second-order valence-electron chi connectivity index (χ2n) is 4.49. The van der Waals surface area contributed by atoms with Crippen LogP contribution in [0.4, 0.5) is 0 Å². The molecule has 0 heterocycles. The largest absolute Gasteiger partial charge is 0.337 e. The first-order chi connectivity index (χ1) is 7.00. The lowest BCUT2D eigenvalue weighted by molar-refractivity contribution is 0.315. The molecule has 0 saturated heterocycles. The highest BCUT2D eigenvalue weighted by molar-refractivity contribution is 14.1. The van der Waals surface area contributed by atoms with E-state index < -0.39 is 0 Å². The Balaban J connectivity index is 2.70. The molecule has 0 N–H and O–H groups in total. The molecular weight excluding hydrogens is 296 g/mol. The highest BCUT2D eigenvalue weighted by atomic mass is 127. The Labute approximate surface area is 108 Å². The van der Waals surface area contributed by atoms with Crippen molar-refractivity contribution < 1.29 is 0 Å². The van der Waals surface area contributed by atoms with Crippen LogP contribution in [-0.2, 0) is 0 Å². The Morgan fingerprint density at radius 3 is 1.87 bits per heavy atom. The summed E-state index contributed by atoms with van der Waals surface area (Å²) in [6.07, 6.45) is 0. The third-order valence-corrected chi connectivity index (χ3v) is 3.32. The predicted molar refractivity (Wildman–Crippen MR) is 78.1 cm³/mol. The molecule has 0 aliphatic heterocycles. The first-order valence-corrected chi connectivity index (χ1v) is 6.58. The lowest BCUT2D eigenvalue weighted by Gasteiger charge is -2.30. The second kappa shape index (κ2) is 5.90. The van der Waals surface area contributed by atoms with Crippen molar-refractivity contribution >= 4 is 35.5 Å². The summed E-state index contributed by atoms with van der Waals surface area (Å²) in [7, 11) is 1.05. The minimum atomic E-state index is 0.601. The van der Waals surface area contributed by atoms with Crippen LogP contribution in [0.1, 0.15) is 27.7 Å². The van der Waals surface area contributed by atoms with Crippen LogP contribution < -0.4 is 5.46 Å². The number of benzene rings is 1. The highest BCUT2D eigenvalue weighted by Gasteiger charge is 2.14. The fourth-order valence-electron chi connectivity index (χ4n) is 1.76. The summed E-state index contributed by atoms with van der Waals surface area (Å²) in [5, 5.41) is 0. The van der Waals surface area contributed by atoms with Crippen molar-refractivity contribution in [3.63, 3.8) is 0 Å². The van der Waals surface area contributed by atoms with Crippen LogP contribution in [0.5, 0.6) is 0 Å². The molecule has 0 radical (unpaired) electrons. The van der Waals surface area contributed by atoms with E-state index in [1.807, 2.05) is 0 Å². The van der Waals surface area contributed by atoms with Crippen molar-refractivity contribution in [1.82, 2.24) is 4.81 Å². The molecule has 82 valence electrons. The van der Waals surface area contributed by atoms with Gasteiger partial charge in [0.1, 0.15) is 0 Å². The minimum absolute atomic E-state index is 0.601. The van der Waals surface area contributed by atoms with Crippen LogP contribution in [0.25, 0.3) is 0 Å². The molecule has 0 spiro atoms. The predicted octanol–water partition coefficient (Wildman–Crippen LogP) is 2.39. The van der Waals surface area contributed by atoms with Crippen molar-refractivity contribution in [2.24, 2.45) is 0 Å². The molecule has 1 rings (SSSR count). The average Bonchev–Trinajstić information content (AvgIpc) is 2.15. The van der Waals surface area contributed by atoms with Crippen LogP contribution >= 0.6 is 22.6 Å². The molecule has 1 aromatic carbocycles. The molecule has 0 bridgehead atoms. The van der Waals surface area contributed by atoms with Gasteiger partial charge in [-0.05, 0) is 46.8 Å². The lowest BCUT2D eigenvalue weighted by atomic mass is 9.78. The number of halogens is 1. The monoisotopic (exact) mass is 315 g/mol. The quantitative estimate of drug-likeness (QED) is 0.609. The van der Waals surface area contributed by atoms with E-state index in [9.17, 15) is 0 Å². The summed E-state index contributed by atoms with van der Waals surface area (Å²) in [6, 6.07) is 10.00. The van der Waals surface area contributed by atoms with Gasteiger partial charge in [0.25, 0.3) is 0 Å². The van der Waals surface area contributed by atoms with Gasteiger partial charge in [-0.15, -0.1) is 0 Å². The van der Waals surface area contributed by atoms with E-state index in [-0.39, 0.29) is 0 Å². The smallest absolute Gasteiger partial charge is 0.239 e. The van der Waals surface area contributed by atoms with Gasteiger partial charge in [-0.3, -0.25) is 0 Å². The molecule has 1 aromatic rings. The van der Waals surface area contributed by atoms with Crippen LogP contribution in [-0.4, -0.2) is 24.3 Å². The van der Waals surface area contributed by atoms with E-state index >= 15 is 0 Å². The second-order valence-corrected chi connectivity index (χ2v) is 5.73. The molecular formula is C12H19BIN. The summed E-state index contributed by atoms with van der Waals surface area (Å²) < 4.78 is 1.30. The van der Waals surface area contributed by atoms with Gasteiger partial charge in [0, 0.05) is 3.57 Å². The summed E-state index contributed by atoms with van der Waals surface area (Å²) in [4.78, 5) is 2.50. The molecule has 0 aliphatic carbocycles. The van der Waals surface area contributed by atoms with Crippen LogP contribution in [0.15, 0.2) is 24.3 Å². The van der Waals surface area contributed by atoms with Gasteiger partial charge in [-0.2, -0.15) is 0 Å². The molecule has 0 amide bonds. The third kappa shape index (κ3) is 4.15. The van der Waals surface area contributed by atoms with Crippen LogP contribution in [0.3, 0.4) is 0 Å². The Kier molecular flexibility index (Phi) is 5.13. The molecule has 1 nitrogen and oxygen atoms in total. The SMILES string of the molecule is CC(C)N(Bc1ccc(I)cc1)C(C)C. The Morgan fingerprint density at radius 2 is 1.47 bits per heavy atom. The Hall–Kier alpha value is -0.0251. The number of hydrogen-bond donors (Lipinski definition) is 0. The van der Waals surface area contributed by atoms with Crippen molar-refractivity contribution in [2.45, 2.75) is 39.8 Å². The zero-order chi connectivity index (χ0) is 11.4. The van der Waals surface area contributed by atoms with Gasteiger partial charge in [-0.1, -0.05) is 45.3 Å². The standard InChI is InChI=1S/C12H19BIN/c1-9(2)15(10(3)4)13-11-5-7-12(14)8-6-11/h5-10,13H,1-4H3. The van der Waals surface area contributed by atoms with E-state index in [2.05, 4.69) is 79.4 Å². The molecule has 15 heavy (non-hydrogen) atoms. The van der Waals surface area contributed by atoms with Crippen LogP contribution in [0, 0.1) is 3.57 Å². The van der Waals surface area contributed by atoms with Crippen LogP contribution in [0.2, 0.25) is 0 Å². The Morgan fingerprint density at radius 1 is 1.00 bits per heavy atom. The fourth-order valence-corrected chi connectivity index (χ4v) is 2.12. The highest BCUT2D eigenvalue weighted by Crippen LogP contribution is 2.04. The van der Waals surface area contributed by atoms with E-state index in [4.69, 9.17) is 0 Å². The van der Waals surface area contributed by atoms with Crippen molar-refractivity contribution in [1.29, 1.82) is 0 Å². The van der Waals surface area contributed by atoms with E-state index in [0.29, 0.717) is 12.1 Å². The zero-order valence-electron chi connectivity index (χ0n) is 10.00. The maximum Gasteiger partial charge on any atom is 0.239 e. The summed E-state index contributed by atoms with van der Waals surface area (Å²) in [5.74, 6) is 0. The maximum atomic E-state index is 2.50. The van der Waals surface area contributed by atoms with E-state index in [0.717, 1.165) is 7.41 Å². The Bertz CT molecular complexity index is 287. The van der Waals surface area contributed by atoms with Gasteiger partial charge in [0.05, 0.1) is 0 Å². The molecule has 0 unspecified atom stereocenters. The maximum absolute atomic E-state index is 2.50. The summed E-state index contributed by atoms with van der Waals surface area (Å²) in [5.41, 5.74) is 1.40. The zero-order valence-corrected chi connectivity index (χ0v) is 12.2. The minimum Gasteiger partial charge on any atom is -0.337 e. The number of hydrogen-bond acceptors (Lipinski definition) is 1. The van der Waals surface area contributed by atoms with Crippen molar-refractivity contribution in [2.75, 3.05) is 0 Å². The number of nitrogens with zero attached hydrogens (tertiary/aromatic N) is 1. The molecule has 0 aromatic heterocycles.